The van der Waals surface area contributed by atoms with Crippen LogP contribution in [0.5, 0.6) is 0 Å². The molecule has 2 aliphatic carbocycles. The Kier molecular flexibility index (Phi) is 1.90. The lowest BCUT2D eigenvalue weighted by atomic mass is 9.91. The number of carbonyl (C=O) groups excluding carboxylic acids is 2. The first-order chi connectivity index (χ1) is 9.25. The predicted octanol–water partition coefficient (Wildman–Crippen LogP) is 2.43. The van der Waals surface area contributed by atoms with Gasteiger partial charge in [0, 0.05) is 29.3 Å². The molecule has 0 radical (unpaired) electrons. The van der Waals surface area contributed by atoms with Gasteiger partial charge in [0.1, 0.15) is 0 Å². The maximum atomic E-state index is 12.1. The van der Waals surface area contributed by atoms with E-state index in [0.717, 1.165) is 27.9 Å². The second kappa shape index (κ2) is 3.48. The highest BCUT2D eigenvalue weighted by Gasteiger charge is 2.30. The molecule has 1 aromatic heterocycles. The maximum Gasteiger partial charge on any atom is 0.233 e. The molecule has 2 aliphatic rings. The zero-order valence-electron chi connectivity index (χ0n) is 10.0. The van der Waals surface area contributed by atoms with Gasteiger partial charge in [0.05, 0.1) is 5.69 Å². The quantitative estimate of drug-likeness (QED) is 0.573. The van der Waals surface area contributed by atoms with E-state index < -0.39 is 11.6 Å². The van der Waals surface area contributed by atoms with Gasteiger partial charge < -0.3 is 0 Å². The van der Waals surface area contributed by atoms with Crippen molar-refractivity contribution in [3.63, 3.8) is 0 Å². The molecule has 1 aromatic carbocycles. The van der Waals surface area contributed by atoms with Crippen LogP contribution in [0.25, 0.3) is 17.3 Å². The SMILES string of the molecule is O=C1C=Cc2cnc3c(c2C1=O)Cc1ccccc1-3. The highest BCUT2D eigenvalue weighted by atomic mass is 16.2. The zero-order valence-corrected chi connectivity index (χ0v) is 10.0. The fourth-order valence-electron chi connectivity index (χ4n) is 2.83. The van der Waals surface area contributed by atoms with Crippen LogP contribution in [0, 0.1) is 0 Å². The summed E-state index contributed by atoms with van der Waals surface area (Å²) in [4.78, 5) is 28.1. The highest BCUT2D eigenvalue weighted by molar-refractivity contribution is 6.50. The minimum Gasteiger partial charge on any atom is -0.286 e. The Balaban J connectivity index is 2.04. The highest BCUT2D eigenvalue weighted by Crippen LogP contribution is 2.38. The van der Waals surface area contributed by atoms with Crippen LogP contribution in [0.3, 0.4) is 0 Å². The number of pyridine rings is 1. The molecule has 0 unspecified atom stereocenters. The molecule has 0 aliphatic heterocycles. The van der Waals surface area contributed by atoms with Crippen molar-refractivity contribution in [2.75, 3.05) is 0 Å². The molecule has 4 rings (SSSR count). The molecule has 3 nitrogen and oxygen atoms in total. The van der Waals surface area contributed by atoms with Crippen molar-refractivity contribution in [3.05, 3.63) is 58.8 Å². The van der Waals surface area contributed by atoms with Crippen LogP contribution in [-0.4, -0.2) is 16.6 Å². The Labute approximate surface area is 109 Å². The molecule has 19 heavy (non-hydrogen) atoms. The minimum atomic E-state index is -0.447. The van der Waals surface area contributed by atoms with Crippen LogP contribution in [0.2, 0.25) is 0 Å². The molecule has 1 heterocycles. The number of allylic oxidation sites excluding steroid dienone is 1. The van der Waals surface area contributed by atoms with E-state index in [1.54, 1.807) is 12.3 Å². The van der Waals surface area contributed by atoms with Gasteiger partial charge in [-0.05, 0) is 23.3 Å². The summed E-state index contributed by atoms with van der Waals surface area (Å²) in [5, 5.41) is 0. The normalized spacial score (nSPS) is 15.2. The fraction of sp³-hybridized carbons (Fsp3) is 0.0625. The summed E-state index contributed by atoms with van der Waals surface area (Å²) in [7, 11) is 0. The molecule has 2 aromatic rings. The molecule has 0 fully saturated rings. The molecule has 0 amide bonds. The third kappa shape index (κ3) is 1.30. The summed E-state index contributed by atoms with van der Waals surface area (Å²) < 4.78 is 0. The van der Waals surface area contributed by atoms with E-state index in [9.17, 15) is 9.59 Å². The standard InChI is InChI=1S/C16H9NO2/c18-13-6-5-10-8-17-15-11-4-2-1-3-9(11)7-12(15)14(10)16(13)19/h1-6,8H,7H2. The number of aromatic nitrogens is 1. The maximum absolute atomic E-state index is 12.1. The number of rotatable bonds is 0. The molecule has 0 saturated carbocycles. The number of benzene rings is 1. The van der Waals surface area contributed by atoms with Crippen LogP contribution >= 0.6 is 0 Å². The van der Waals surface area contributed by atoms with Gasteiger partial charge >= 0.3 is 0 Å². The summed E-state index contributed by atoms with van der Waals surface area (Å²) in [6, 6.07) is 7.98. The second-order valence-electron chi connectivity index (χ2n) is 4.78. The summed E-state index contributed by atoms with van der Waals surface area (Å²) >= 11 is 0. The second-order valence-corrected chi connectivity index (χ2v) is 4.78. The van der Waals surface area contributed by atoms with E-state index in [-0.39, 0.29) is 0 Å². The number of nitrogens with zero attached hydrogens (tertiary/aromatic N) is 1. The third-order valence-electron chi connectivity index (χ3n) is 3.71. The topological polar surface area (TPSA) is 47.0 Å². The predicted molar refractivity (Wildman–Crippen MR) is 70.9 cm³/mol. The number of hydrogen-bond acceptors (Lipinski definition) is 3. The van der Waals surface area contributed by atoms with E-state index in [1.165, 1.54) is 6.08 Å². The lowest BCUT2D eigenvalue weighted by Crippen LogP contribution is -2.18. The summed E-state index contributed by atoms with van der Waals surface area (Å²) in [6.45, 7) is 0. The van der Waals surface area contributed by atoms with E-state index in [0.29, 0.717) is 12.0 Å². The van der Waals surface area contributed by atoms with Crippen LogP contribution in [0.4, 0.5) is 0 Å². The first kappa shape index (κ1) is 10.4. The summed E-state index contributed by atoms with van der Waals surface area (Å²) in [5.74, 6) is -0.860. The first-order valence-electron chi connectivity index (χ1n) is 6.12. The molecule has 0 spiro atoms. The molecule has 0 saturated heterocycles. The molecule has 3 heteroatoms. The van der Waals surface area contributed by atoms with Gasteiger partial charge in [-0.2, -0.15) is 0 Å². The Morgan fingerprint density at radius 1 is 1.05 bits per heavy atom. The Bertz CT molecular complexity index is 787. The van der Waals surface area contributed by atoms with Crippen molar-refractivity contribution < 1.29 is 9.59 Å². The lowest BCUT2D eigenvalue weighted by Gasteiger charge is -2.12. The monoisotopic (exact) mass is 247 g/mol. The summed E-state index contributed by atoms with van der Waals surface area (Å²) in [6.07, 6.45) is 5.35. The van der Waals surface area contributed by atoms with Gasteiger partial charge in [-0.25, -0.2) is 0 Å². The van der Waals surface area contributed by atoms with Gasteiger partial charge in [-0.1, -0.05) is 24.3 Å². The number of ketones is 2. The minimum absolute atomic E-state index is 0.413. The number of fused-ring (bicyclic) bond motifs is 5. The lowest BCUT2D eigenvalue weighted by molar-refractivity contribution is -0.110. The summed E-state index contributed by atoms with van der Waals surface area (Å²) in [5.41, 5.74) is 5.24. The average molecular weight is 247 g/mol. The molecule has 0 atom stereocenters. The van der Waals surface area contributed by atoms with Gasteiger partial charge in [-0.15, -0.1) is 0 Å². The van der Waals surface area contributed by atoms with Gasteiger partial charge in [0.25, 0.3) is 0 Å². The van der Waals surface area contributed by atoms with Crippen molar-refractivity contribution in [2.45, 2.75) is 6.42 Å². The van der Waals surface area contributed by atoms with Crippen molar-refractivity contribution in [1.82, 2.24) is 4.98 Å². The molecule has 90 valence electrons. The van der Waals surface area contributed by atoms with Crippen LogP contribution in [0.15, 0.2) is 36.5 Å². The van der Waals surface area contributed by atoms with E-state index in [1.807, 2.05) is 24.3 Å². The van der Waals surface area contributed by atoms with Gasteiger partial charge in [0.2, 0.25) is 11.6 Å². The first-order valence-corrected chi connectivity index (χ1v) is 6.12. The molecular formula is C16H9NO2. The number of Topliss-reactive ketones (excluding diaryl/α,β-unsaturated/α-hetero) is 1. The molecule has 0 bridgehead atoms. The average Bonchev–Trinajstić information content (AvgIpc) is 2.81. The van der Waals surface area contributed by atoms with E-state index in [4.69, 9.17) is 0 Å². The van der Waals surface area contributed by atoms with Crippen molar-refractivity contribution in [3.8, 4) is 11.3 Å². The Morgan fingerprint density at radius 2 is 1.89 bits per heavy atom. The van der Waals surface area contributed by atoms with Gasteiger partial charge in [0.15, 0.2) is 0 Å². The van der Waals surface area contributed by atoms with Crippen molar-refractivity contribution >= 4 is 17.6 Å². The van der Waals surface area contributed by atoms with Crippen LogP contribution < -0.4 is 0 Å². The number of hydrogen-bond donors (Lipinski definition) is 0. The smallest absolute Gasteiger partial charge is 0.233 e. The van der Waals surface area contributed by atoms with Crippen LogP contribution in [0.1, 0.15) is 27.0 Å². The third-order valence-corrected chi connectivity index (χ3v) is 3.71. The van der Waals surface area contributed by atoms with E-state index in [2.05, 4.69) is 4.98 Å². The van der Waals surface area contributed by atoms with E-state index >= 15 is 0 Å². The Morgan fingerprint density at radius 3 is 2.79 bits per heavy atom. The van der Waals surface area contributed by atoms with Gasteiger partial charge in [-0.3, -0.25) is 14.6 Å². The largest absolute Gasteiger partial charge is 0.286 e. The van der Waals surface area contributed by atoms with Crippen molar-refractivity contribution in [2.24, 2.45) is 0 Å². The zero-order chi connectivity index (χ0) is 13.0. The Hall–Kier alpha value is -2.55. The molecular weight excluding hydrogens is 238 g/mol. The van der Waals surface area contributed by atoms with Crippen LogP contribution in [-0.2, 0) is 11.2 Å². The molecule has 0 N–H and O–H groups in total. The van der Waals surface area contributed by atoms with Crippen molar-refractivity contribution in [1.29, 1.82) is 0 Å². The fourth-order valence-corrected chi connectivity index (χ4v) is 2.83. The number of carbonyl (C=O) groups is 2.